The number of aryl methyl sites for hydroxylation is 2. The van der Waals surface area contributed by atoms with E-state index in [4.69, 9.17) is 0 Å². The van der Waals surface area contributed by atoms with E-state index >= 15 is 0 Å². The van der Waals surface area contributed by atoms with Crippen molar-refractivity contribution >= 4 is 27.2 Å². The van der Waals surface area contributed by atoms with Crippen LogP contribution < -0.4 is 0 Å². The summed E-state index contributed by atoms with van der Waals surface area (Å²) in [6.07, 6.45) is -3.30. The van der Waals surface area contributed by atoms with Crippen LogP contribution in [-0.4, -0.2) is 9.61 Å². The lowest BCUT2D eigenvalue weighted by Gasteiger charge is -2.11. The second kappa shape index (κ2) is 6.64. The van der Waals surface area contributed by atoms with Crippen LogP contribution in [0.4, 0.5) is 26.3 Å². The molecular formula is C21H16F6N2. The SMILES string of the molecule is CCCCc1cc2ccc(C)cc2c2c3c(F)c(F)c(C(F)(F)F)c(F)c3nn12. The maximum atomic E-state index is 14.8. The van der Waals surface area contributed by atoms with Crippen LogP contribution in [0.5, 0.6) is 0 Å². The third-order valence-electron chi connectivity index (χ3n) is 5.07. The Hall–Kier alpha value is -2.77. The Bertz CT molecular complexity index is 1270. The molecule has 29 heavy (non-hydrogen) atoms. The second-order valence-corrected chi connectivity index (χ2v) is 7.13. The first-order chi connectivity index (χ1) is 13.6. The van der Waals surface area contributed by atoms with Crippen molar-refractivity contribution in [1.82, 2.24) is 9.61 Å². The van der Waals surface area contributed by atoms with Crippen molar-refractivity contribution in [2.75, 3.05) is 0 Å². The van der Waals surface area contributed by atoms with Crippen molar-refractivity contribution in [3.63, 3.8) is 0 Å². The first kappa shape index (κ1) is 19.5. The van der Waals surface area contributed by atoms with E-state index in [0.29, 0.717) is 22.9 Å². The highest BCUT2D eigenvalue weighted by atomic mass is 19.4. The normalized spacial score (nSPS) is 12.6. The maximum Gasteiger partial charge on any atom is 0.422 e. The lowest BCUT2D eigenvalue weighted by Crippen LogP contribution is -2.13. The summed E-state index contributed by atoms with van der Waals surface area (Å²) >= 11 is 0. The van der Waals surface area contributed by atoms with Gasteiger partial charge < -0.3 is 0 Å². The van der Waals surface area contributed by atoms with Crippen molar-refractivity contribution in [1.29, 1.82) is 0 Å². The molecule has 8 heteroatoms. The van der Waals surface area contributed by atoms with E-state index in [2.05, 4.69) is 5.10 Å². The van der Waals surface area contributed by atoms with Gasteiger partial charge in [-0.1, -0.05) is 31.0 Å². The van der Waals surface area contributed by atoms with Gasteiger partial charge in [0.1, 0.15) is 11.1 Å². The molecule has 152 valence electrons. The molecular weight excluding hydrogens is 394 g/mol. The summed E-state index contributed by atoms with van der Waals surface area (Å²) in [5, 5.41) is 4.53. The zero-order chi connectivity index (χ0) is 21.1. The molecule has 0 saturated heterocycles. The van der Waals surface area contributed by atoms with Gasteiger partial charge in [0, 0.05) is 11.1 Å². The lowest BCUT2D eigenvalue weighted by atomic mass is 10.0. The summed E-state index contributed by atoms with van der Waals surface area (Å²) in [6, 6.07) is 7.11. The van der Waals surface area contributed by atoms with Crippen molar-refractivity contribution < 1.29 is 26.3 Å². The molecule has 4 aromatic rings. The second-order valence-electron chi connectivity index (χ2n) is 7.13. The summed E-state index contributed by atoms with van der Waals surface area (Å²) < 4.78 is 84.5. The van der Waals surface area contributed by atoms with Gasteiger partial charge in [0.25, 0.3) is 0 Å². The average molecular weight is 410 g/mol. The van der Waals surface area contributed by atoms with Gasteiger partial charge in [-0.05, 0) is 37.3 Å². The third-order valence-corrected chi connectivity index (χ3v) is 5.07. The smallest absolute Gasteiger partial charge is 0.236 e. The van der Waals surface area contributed by atoms with Crippen LogP contribution in [-0.2, 0) is 12.6 Å². The summed E-state index contributed by atoms with van der Waals surface area (Å²) in [6.45, 7) is 3.75. The van der Waals surface area contributed by atoms with E-state index in [0.717, 1.165) is 18.4 Å². The number of halogens is 6. The molecule has 2 aromatic heterocycles. The molecule has 0 aliphatic heterocycles. The van der Waals surface area contributed by atoms with Crippen LogP contribution in [0.3, 0.4) is 0 Å². The van der Waals surface area contributed by atoms with Gasteiger partial charge in [0.05, 0.1) is 10.9 Å². The number of unbranched alkanes of at least 4 members (excludes halogenated alkanes) is 1. The molecule has 0 aliphatic rings. The van der Waals surface area contributed by atoms with Crippen molar-refractivity contribution in [2.45, 2.75) is 39.3 Å². The number of benzene rings is 2. The Morgan fingerprint density at radius 1 is 1.00 bits per heavy atom. The van der Waals surface area contributed by atoms with Crippen molar-refractivity contribution in [3.8, 4) is 0 Å². The molecule has 0 saturated carbocycles. The Morgan fingerprint density at radius 2 is 1.72 bits per heavy atom. The number of alkyl halides is 3. The highest BCUT2D eigenvalue weighted by Crippen LogP contribution is 2.40. The molecule has 4 rings (SSSR count). The summed E-state index contributed by atoms with van der Waals surface area (Å²) in [5.74, 6) is -5.91. The van der Waals surface area contributed by atoms with E-state index in [-0.39, 0.29) is 5.52 Å². The molecule has 0 radical (unpaired) electrons. The molecule has 0 N–H and O–H groups in total. The highest BCUT2D eigenvalue weighted by molar-refractivity contribution is 6.10. The predicted molar refractivity (Wildman–Crippen MR) is 98.4 cm³/mol. The largest absolute Gasteiger partial charge is 0.422 e. The van der Waals surface area contributed by atoms with Gasteiger partial charge in [-0.25, -0.2) is 17.7 Å². The van der Waals surface area contributed by atoms with Crippen LogP contribution >= 0.6 is 0 Å². The Morgan fingerprint density at radius 3 is 2.38 bits per heavy atom. The van der Waals surface area contributed by atoms with Gasteiger partial charge in [0.15, 0.2) is 17.5 Å². The molecule has 0 atom stereocenters. The number of pyridine rings is 1. The first-order valence-electron chi connectivity index (χ1n) is 9.13. The molecule has 0 unspecified atom stereocenters. The standard InChI is InChI=1S/C21H16F6N2/c1-3-4-5-12-9-11-7-6-10(2)8-13(11)20-14-16(22)17(23)15(21(25,26)27)18(24)19(14)28-29(12)20/h6-9H,3-5H2,1-2H3. The average Bonchev–Trinajstić information content (AvgIpc) is 3.05. The number of fused-ring (bicyclic) bond motifs is 5. The van der Waals surface area contributed by atoms with Crippen LogP contribution in [0.2, 0.25) is 0 Å². The summed E-state index contributed by atoms with van der Waals surface area (Å²) in [7, 11) is 0. The predicted octanol–water partition coefficient (Wildman–Crippen LogP) is 6.73. The van der Waals surface area contributed by atoms with Crippen LogP contribution in [0.1, 0.15) is 36.6 Å². The summed E-state index contributed by atoms with van der Waals surface area (Å²) in [5.41, 5.74) is -1.63. The number of hydrogen-bond donors (Lipinski definition) is 0. The Balaban J connectivity index is 2.25. The minimum atomic E-state index is -5.39. The number of aromatic nitrogens is 2. The molecule has 0 spiro atoms. The zero-order valence-corrected chi connectivity index (χ0v) is 15.6. The van der Waals surface area contributed by atoms with Gasteiger partial charge >= 0.3 is 6.18 Å². The van der Waals surface area contributed by atoms with Crippen LogP contribution in [0.25, 0.3) is 27.2 Å². The molecule has 2 aromatic carbocycles. The fourth-order valence-corrected chi connectivity index (χ4v) is 3.70. The summed E-state index contributed by atoms with van der Waals surface area (Å²) in [4.78, 5) is 0. The maximum absolute atomic E-state index is 14.8. The van der Waals surface area contributed by atoms with Crippen LogP contribution in [0, 0.1) is 24.4 Å². The molecule has 2 heterocycles. The fraction of sp³-hybridized carbons (Fsp3) is 0.286. The third kappa shape index (κ3) is 2.92. The molecule has 0 fully saturated rings. The Kier molecular flexibility index (Phi) is 4.47. The number of hydrogen-bond acceptors (Lipinski definition) is 1. The zero-order valence-electron chi connectivity index (χ0n) is 15.6. The van der Waals surface area contributed by atoms with E-state index in [1.54, 1.807) is 25.1 Å². The van der Waals surface area contributed by atoms with E-state index in [9.17, 15) is 26.3 Å². The van der Waals surface area contributed by atoms with Gasteiger partial charge in [-0.2, -0.15) is 18.3 Å². The quantitative estimate of drug-likeness (QED) is 0.270. The van der Waals surface area contributed by atoms with E-state index in [1.807, 2.05) is 13.0 Å². The van der Waals surface area contributed by atoms with E-state index < -0.39 is 40.1 Å². The minimum Gasteiger partial charge on any atom is -0.236 e. The number of rotatable bonds is 3. The minimum absolute atomic E-state index is 0.0660. The lowest BCUT2D eigenvalue weighted by molar-refractivity contribution is -0.142. The highest BCUT2D eigenvalue weighted by Gasteiger charge is 2.41. The molecule has 2 nitrogen and oxygen atoms in total. The van der Waals surface area contributed by atoms with Crippen molar-refractivity contribution in [3.05, 3.63) is 58.5 Å². The molecule has 0 aliphatic carbocycles. The van der Waals surface area contributed by atoms with Gasteiger partial charge in [-0.3, -0.25) is 0 Å². The topological polar surface area (TPSA) is 17.3 Å². The molecule has 0 amide bonds. The molecule has 0 bridgehead atoms. The Labute approximate surface area is 161 Å². The van der Waals surface area contributed by atoms with Crippen LogP contribution in [0.15, 0.2) is 24.3 Å². The van der Waals surface area contributed by atoms with Crippen molar-refractivity contribution in [2.24, 2.45) is 0 Å². The van der Waals surface area contributed by atoms with Gasteiger partial charge in [0.2, 0.25) is 0 Å². The van der Waals surface area contributed by atoms with Gasteiger partial charge in [-0.15, -0.1) is 0 Å². The first-order valence-corrected chi connectivity index (χ1v) is 9.13. The number of nitrogens with zero attached hydrogens (tertiary/aromatic N) is 2. The monoisotopic (exact) mass is 410 g/mol. The fourth-order valence-electron chi connectivity index (χ4n) is 3.70. The van der Waals surface area contributed by atoms with E-state index in [1.165, 1.54) is 4.52 Å².